The van der Waals surface area contributed by atoms with E-state index in [1.54, 1.807) is 19.2 Å². The molecular formula is C19H27N5O3. The molecule has 1 atom stereocenters. The van der Waals surface area contributed by atoms with Gasteiger partial charge in [0.1, 0.15) is 23.3 Å². The van der Waals surface area contributed by atoms with E-state index < -0.39 is 5.60 Å². The van der Waals surface area contributed by atoms with E-state index in [1.807, 2.05) is 6.92 Å². The Hall–Kier alpha value is -2.48. The summed E-state index contributed by atoms with van der Waals surface area (Å²) in [6.07, 6.45) is 7.37. The summed E-state index contributed by atoms with van der Waals surface area (Å²) in [4.78, 5) is 36.0. The Kier molecular flexibility index (Phi) is 5.74. The first-order chi connectivity index (χ1) is 12.9. The molecule has 2 amide bonds. The molecule has 0 aliphatic heterocycles. The van der Waals surface area contributed by atoms with Crippen LogP contribution in [0, 0.1) is 0 Å². The molecular weight excluding hydrogens is 346 g/mol. The number of aromatic amines is 1. The van der Waals surface area contributed by atoms with Crippen LogP contribution in [-0.4, -0.2) is 49.6 Å². The Labute approximate surface area is 158 Å². The molecule has 3 rings (SSSR count). The number of aliphatic hydroxyl groups is 1. The summed E-state index contributed by atoms with van der Waals surface area (Å²) in [6.45, 7) is 3.50. The number of carbonyl (C=O) groups excluding carboxylic acids is 2. The molecule has 2 aromatic heterocycles. The molecule has 1 unspecified atom stereocenters. The summed E-state index contributed by atoms with van der Waals surface area (Å²) in [5, 5.41) is 16.9. The zero-order chi connectivity index (χ0) is 19.4. The molecule has 146 valence electrons. The molecule has 27 heavy (non-hydrogen) atoms. The van der Waals surface area contributed by atoms with Crippen molar-refractivity contribution in [3.8, 4) is 0 Å². The van der Waals surface area contributed by atoms with Crippen LogP contribution in [-0.2, 0) is 4.79 Å². The van der Waals surface area contributed by atoms with Crippen LogP contribution in [0.4, 0.5) is 0 Å². The van der Waals surface area contributed by atoms with Crippen molar-refractivity contribution in [2.24, 2.45) is 0 Å². The SMILES string of the molecule is CCCC(C)(O)C(=O)NC1CCC(NC(=O)c2ncnc3[nH]ccc23)CC1. The van der Waals surface area contributed by atoms with Crippen molar-refractivity contribution in [1.29, 1.82) is 0 Å². The van der Waals surface area contributed by atoms with Crippen molar-refractivity contribution in [2.45, 2.75) is 70.1 Å². The van der Waals surface area contributed by atoms with Crippen molar-refractivity contribution < 1.29 is 14.7 Å². The Bertz CT molecular complexity index is 809. The second-order valence-corrected chi connectivity index (χ2v) is 7.48. The number of nitrogens with one attached hydrogen (secondary N) is 3. The van der Waals surface area contributed by atoms with Gasteiger partial charge in [-0.25, -0.2) is 9.97 Å². The lowest BCUT2D eigenvalue weighted by molar-refractivity contribution is -0.139. The topological polar surface area (TPSA) is 120 Å². The summed E-state index contributed by atoms with van der Waals surface area (Å²) in [7, 11) is 0. The Balaban J connectivity index is 1.52. The predicted octanol–water partition coefficient (Wildman–Crippen LogP) is 1.67. The lowest BCUT2D eigenvalue weighted by Crippen LogP contribution is -2.50. The van der Waals surface area contributed by atoms with Gasteiger partial charge in [-0.3, -0.25) is 9.59 Å². The number of carbonyl (C=O) groups is 2. The van der Waals surface area contributed by atoms with Gasteiger partial charge in [0.05, 0.1) is 5.39 Å². The van der Waals surface area contributed by atoms with Crippen LogP contribution in [0.25, 0.3) is 11.0 Å². The van der Waals surface area contributed by atoms with Gasteiger partial charge in [-0.1, -0.05) is 13.3 Å². The monoisotopic (exact) mass is 373 g/mol. The lowest BCUT2D eigenvalue weighted by Gasteiger charge is -2.32. The molecule has 4 N–H and O–H groups in total. The van der Waals surface area contributed by atoms with E-state index in [1.165, 1.54) is 6.33 Å². The van der Waals surface area contributed by atoms with Crippen molar-refractivity contribution in [3.05, 3.63) is 24.3 Å². The molecule has 2 aromatic rings. The van der Waals surface area contributed by atoms with Crippen LogP contribution < -0.4 is 10.6 Å². The highest BCUT2D eigenvalue weighted by atomic mass is 16.3. The average molecular weight is 373 g/mol. The van der Waals surface area contributed by atoms with Gasteiger partial charge in [-0.15, -0.1) is 0 Å². The molecule has 1 fully saturated rings. The zero-order valence-corrected chi connectivity index (χ0v) is 15.8. The largest absolute Gasteiger partial charge is 0.380 e. The highest BCUT2D eigenvalue weighted by Crippen LogP contribution is 2.21. The normalized spacial score (nSPS) is 22.2. The number of fused-ring (bicyclic) bond motifs is 1. The fraction of sp³-hybridized carbons (Fsp3) is 0.579. The number of rotatable bonds is 6. The average Bonchev–Trinajstić information content (AvgIpc) is 3.12. The number of H-pyrrole nitrogens is 1. The first kappa shape index (κ1) is 19.3. The lowest BCUT2D eigenvalue weighted by atomic mass is 9.90. The quantitative estimate of drug-likeness (QED) is 0.614. The minimum absolute atomic E-state index is 0.0319. The predicted molar refractivity (Wildman–Crippen MR) is 101 cm³/mol. The molecule has 0 saturated heterocycles. The Morgan fingerprint density at radius 2 is 1.89 bits per heavy atom. The fourth-order valence-electron chi connectivity index (χ4n) is 3.63. The van der Waals surface area contributed by atoms with E-state index >= 15 is 0 Å². The standard InChI is InChI=1S/C19H27N5O3/c1-3-9-19(2,27)18(26)24-13-6-4-12(5-7-13)23-17(25)15-14-8-10-20-16(14)22-11-21-15/h8,10-13,27H,3-7,9H2,1-2H3,(H,23,25)(H,24,26)(H,20,21,22). The molecule has 2 heterocycles. The molecule has 0 spiro atoms. The Morgan fingerprint density at radius 1 is 1.22 bits per heavy atom. The maximum atomic E-state index is 12.6. The van der Waals surface area contributed by atoms with E-state index in [0.29, 0.717) is 23.1 Å². The maximum Gasteiger partial charge on any atom is 0.270 e. The number of aromatic nitrogens is 3. The third-order valence-corrected chi connectivity index (χ3v) is 5.19. The van der Waals surface area contributed by atoms with Crippen LogP contribution in [0.1, 0.15) is 62.9 Å². The third-order valence-electron chi connectivity index (χ3n) is 5.19. The van der Waals surface area contributed by atoms with Gasteiger partial charge in [0.15, 0.2) is 0 Å². The molecule has 8 nitrogen and oxygen atoms in total. The van der Waals surface area contributed by atoms with E-state index in [4.69, 9.17) is 0 Å². The van der Waals surface area contributed by atoms with Crippen LogP contribution in [0.5, 0.6) is 0 Å². The van der Waals surface area contributed by atoms with Crippen LogP contribution >= 0.6 is 0 Å². The number of nitrogens with zero attached hydrogens (tertiary/aromatic N) is 2. The van der Waals surface area contributed by atoms with Crippen molar-refractivity contribution >= 4 is 22.8 Å². The van der Waals surface area contributed by atoms with Crippen molar-refractivity contribution in [1.82, 2.24) is 25.6 Å². The summed E-state index contributed by atoms with van der Waals surface area (Å²) in [5.41, 5.74) is -0.317. The first-order valence-corrected chi connectivity index (χ1v) is 9.53. The molecule has 8 heteroatoms. The van der Waals surface area contributed by atoms with E-state index in [2.05, 4.69) is 25.6 Å². The summed E-state index contributed by atoms with van der Waals surface area (Å²) in [5.74, 6) is -0.520. The summed E-state index contributed by atoms with van der Waals surface area (Å²) >= 11 is 0. The van der Waals surface area contributed by atoms with E-state index in [0.717, 1.165) is 32.1 Å². The Morgan fingerprint density at radius 3 is 2.56 bits per heavy atom. The zero-order valence-electron chi connectivity index (χ0n) is 15.8. The molecule has 1 saturated carbocycles. The second kappa shape index (κ2) is 8.04. The van der Waals surface area contributed by atoms with Gasteiger partial charge in [0, 0.05) is 18.3 Å². The van der Waals surface area contributed by atoms with Crippen LogP contribution in [0.2, 0.25) is 0 Å². The summed E-state index contributed by atoms with van der Waals surface area (Å²) in [6, 6.07) is 1.87. The second-order valence-electron chi connectivity index (χ2n) is 7.48. The number of hydrogen-bond donors (Lipinski definition) is 4. The molecule has 0 radical (unpaired) electrons. The van der Waals surface area contributed by atoms with Gasteiger partial charge in [0.2, 0.25) is 0 Å². The maximum absolute atomic E-state index is 12.6. The fourth-order valence-corrected chi connectivity index (χ4v) is 3.63. The van der Waals surface area contributed by atoms with E-state index in [-0.39, 0.29) is 23.9 Å². The highest BCUT2D eigenvalue weighted by Gasteiger charge is 2.32. The smallest absolute Gasteiger partial charge is 0.270 e. The summed E-state index contributed by atoms with van der Waals surface area (Å²) < 4.78 is 0. The van der Waals surface area contributed by atoms with Gasteiger partial charge < -0.3 is 20.7 Å². The minimum Gasteiger partial charge on any atom is -0.380 e. The third kappa shape index (κ3) is 4.44. The molecule has 0 bridgehead atoms. The number of hydrogen-bond acceptors (Lipinski definition) is 5. The number of amides is 2. The van der Waals surface area contributed by atoms with Gasteiger partial charge in [-0.05, 0) is 45.1 Å². The van der Waals surface area contributed by atoms with Crippen LogP contribution in [0.15, 0.2) is 18.6 Å². The van der Waals surface area contributed by atoms with Crippen molar-refractivity contribution in [2.75, 3.05) is 0 Å². The first-order valence-electron chi connectivity index (χ1n) is 9.53. The molecule has 0 aromatic carbocycles. The van der Waals surface area contributed by atoms with E-state index in [9.17, 15) is 14.7 Å². The molecule has 1 aliphatic rings. The highest BCUT2D eigenvalue weighted by molar-refractivity contribution is 6.03. The van der Waals surface area contributed by atoms with Gasteiger partial charge in [-0.2, -0.15) is 0 Å². The molecule has 1 aliphatic carbocycles. The van der Waals surface area contributed by atoms with Gasteiger partial charge >= 0.3 is 0 Å². The van der Waals surface area contributed by atoms with Crippen LogP contribution in [0.3, 0.4) is 0 Å². The minimum atomic E-state index is -1.32. The van der Waals surface area contributed by atoms with Crippen molar-refractivity contribution in [3.63, 3.8) is 0 Å². The van der Waals surface area contributed by atoms with Gasteiger partial charge in [0.25, 0.3) is 11.8 Å².